The maximum Gasteiger partial charge on any atom is 0.105 e. The standard InChI is InChI=1S/C6H10N2.C4H10O3/c1-3-6-7-4-5(2)8-6;5-1-3-7-4-2-6/h4H,3H2,1-2H3,(H,7,8);5-6H,1-4H2. The Morgan fingerprint density at radius 2 is 1.93 bits per heavy atom. The molecular weight excluding hydrogens is 196 g/mol. The maximum absolute atomic E-state index is 8.09. The summed E-state index contributed by atoms with van der Waals surface area (Å²) >= 11 is 0. The van der Waals surface area contributed by atoms with Gasteiger partial charge in [-0.3, -0.25) is 0 Å². The number of aromatic nitrogens is 2. The molecule has 0 atom stereocenters. The number of imidazole rings is 1. The van der Waals surface area contributed by atoms with Crippen molar-refractivity contribution in [3.63, 3.8) is 0 Å². The molecule has 0 bridgehead atoms. The van der Waals surface area contributed by atoms with E-state index in [0.717, 1.165) is 17.9 Å². The molecule has 0 fully saturated rings. The van der Waals surface area contributed by atoms with E-state index in [9.17, 15) is 0 Å². The van der Waals surface area contributed by atoms with E-state index in [1.54, 1.807) is 0 Å². The summed E-state index contributed by atoms with van der Waals surface area (Å²) in [5.74, 6) is 1.07. The Morgan fingerprint density at radius 3 is 2.20 bits per heavy atom. The van der Waals surface area contributed by atoms with Crippen LogP contribution in [0.25, 0.3) is 0 Å². The Morgan fingerprint density at radius 1 is 1.33 bits per heavy atom. The molecular formula is C10H20N2O3. The van der Waals surface area contributed by atoms with Gasteiger partial charge in [0.25, 0.3) is 0 Å². The molecule has 1 rings (SSSR count). The third-order valence-corrected chi connectivity index (χ3v) is 1.56. The highest BCUT2D eigenvalue weighted by Crippen LogP contribution is 1.93. The van der Waals surface area contributed by atoms with Crippen LogP contribution in [0.1, 0.15) is 18.4 Å². The Hall–Kier alpha value is -0.910. The van der Waals surface area contributed by atoms with Crippen molar-refractivity contribution in [2.75, 3.05) is 26.4 Å². The molecule has 0 saturated heterocycles. The molecule has 0 amide bonds. The van der Waals surface area contributed by atoms with Crippen LogP contribution in [0.2, 0.25) is 0 Å². The third kappa shape index (κ3) is 8.11. The Balaban J connectivity index is 0.000000265. The normalized spacial score (nSPS) is 9.60. The summed E-state index contributed by atoms with van der Waals surface area (Å²) in [7, 11) is 0. The van der Waals surface area contributed by atoms with Gasteiger partial charge in [-0.25, -0.2) is 4.98 Å². The van der Waals surface area contributed by atoms with E-state index in [-0.39, 0.29) is 13.2 Å². The van der Waals surface area contributed by atoms with Crippen molar-refractivity contribution in [3.05, 3.63) is 17.7 Å². The lowest BCUT2D eigenvalue weighted by molar-refractivity contribution is 0.0650. The van der Waals surface area contributed by atoms with Gasteiger partial charge in [0.15, 0.2) is 0 Å². The fraction of sp³-hybridized carbons (Fsp3) is 0.700. The summed E-state index contributed by atoms with van der Waals surface area (Å²) in [6, 6.07) is 0. The van der Waals surface area contributed by atoms with Crippen LogP contribution < -0.4 is 0 Å². The molecule has 1 aromatic rings. The van der Waals surface area contributed by atoms with Crippen LogP contribution in [0, 0.1) is 6.92 Å². The molecule has 1 heterocycles. The summed E-state index contributed by atoms with van der Waals surface area (Å²) < 4.78 is 4.63. The molecule has 0 spiro atoms. The van der Waals surface area contributed by atoms with E-state index < -0.39 is 0 Å². The highest BCUT2D eigenvalue weighted by atomic mass is 16.5. The van der Waals surface area contributed by atoms with E-state index in [1.807, 2.05) is 13.1 Å². The largest absolute Gasteiger partial charge is 0.394 e. The van der Waals surface area contributed by atoms with Crippen molar-refractivity contribution in [3.8, 4) is 0 Å². The molecule has 0 saturated carbocycles. The number of ether oxygens (including phenoxy) is 1. The predicted molar refractivity (Wildman–Crippen MR) is 57.7 cm³/mol. The summed E-state index contributed by atoms with van der Waals surface area (Å²) in [5, 5.41) is 16.2. The highest BCUT2D eigenvalue weighted by Gasteiger charge is 1.89. The molecule has 3 N–H and O–H groups in total. The molecule has 15 heavy (non-hydrogen) atoms. The Bertz CT molecular complexity index is 234. The first-order chi connectivity index (χ1) is 7.24. The molecule has 0 aromatic carbocycles. The number of nitrogens with one attached hydrogen (secondary N) is 1. The lowest BCUT2D eigenvalue weighted by Gasteiger charge is -1.94. The summed E-state index contributed by atoms with van der Waals surface area (Å²) in [6.07, 6.45) is 2.84. The molecule has 0 aliphatic rings. The van der Waals surface area contributed by atoms with E-state index in [4.69, 9.17) is 10.2 Å². The second-order valence-electron chi connectivity index (χ2n) is 2.93. The van der Waals surface area contributed by atoms with Crippen LogP contribution >= 0.6 is 0 Å². The number of hydrogen-bond acceptors (Lipinski definition) is 4. The van der Waals surface area contributed by atoms with Gasteiger partial charge in [0, 0.05) is 18.3 Å². The van der Waals surface area contributed by atoms with Gasteiger partial charge < -0.3 is 19.9 Å². The average molecular weight is 216 g/mol. The number of aliphatic hydroxyl groups is 2. The smallest absolute Gasteiger partial charge is 0.105 e. The second-order valence-corrected chi connectivity index (χ2v) is 2.93. The third-order valence-electron chi connectivity index (χ3n) is 1.56. The van der Waals surface area contributed by atoms with Gasteiger partial charge in [0.1, 0.15) is 5.82 Å². The zero-order chi connectivity index (χ0) is 11.5. The van der Waals surface area contributed by atoms with Crippen LogP contribution in [-0.4, -0.2) is 46.6 Å². The monoisotopic (exact) mass is 216 g/mol. The first-order valence-corrected chi connectivity index (χ1v) is 5.04. The molecule has 0 unspecified atom stereocenters. The zero-order valence-electron chi connectivity index (χ0n) is 9.36. The number of nitrogens with zero attached hydrogens (tertiary/aromatic N) is 1. The van der Waals surface area contributed by atoms with Gasteiger partial charge in [-0.2, -0.15) is 0 Å². The number of aliphatic hydroxyl groups excluding tert-OH is 2. The van der Waals surface area contributed by atoms with Crippen LogP contribution in [0.4, 0.5) is 0 Å². The quantitative estimate of drug-likeness (QED) is 0.617. The minimum atomic E-state index is 0.0278. The second kappa shape index (κ2) is 9.64. The molecule has 1 aromatic heterocycles. The number of H-pyrrole nitrogens is 1. The Labute approximate surface area is 90.1 Å². The fourth-order valence-corrected chi connectivity index (χ4v) is 0.878. The van der Waals surface area contributed by atoms with Crippen LogP contribution in [-0.2, 0) is 11.2 Å². The van der Waals surface area contributed by atoms with E-state index >= 15 is 0 Å². The number of aromatic amines is 1. The predicted octanol–water partition coefficient (Wildman–Crippen LogP) is 0.268. The van der Waals surface area contributed by atoms with Crippen molar-refractivity contribution in [2.24, 2.45) is 0 Å². The minimum absolute atomic E-state index is 0.0278. The lowest BCUT2D eigenvalue weighted by atomic mass is 10.5. The van der Waals surface area contributed by atoms with Crippen molar-refractivity contribution in [2.45, 2.75) is 20.3 Å². The fourth-order valence-electron chi connectivity index (χ4n) is 0.878. The number of hydrogen-bond donors (Lipinski definition) is 3. The van der Waals surface area contributed by atoms with Crippen molar-refractivity contribution in [1.82, 2.24) is 9.97 Å². The summed E-state index contributed by atoms with van der Waals surface area (Å²) in [5.41, 5.74) is 1.14. The van der Waals surface area contributed by atoms with E-state index in [0.29, 0.717) is 13.2 Å². The minimum Gasteiger partial charge on any atom is -0.394 e. The van der Waals surface area contributed by atoms with E-state index in [1.165, 1.54) is 0 Å². The van der Waals surface area contributed by atoms with Gasteiger partial charge in [0.05, 0.1) is 26.4 Å². The van der Waals surface area contributed by atoms with Crippen LogP contribution in [0.5, 0.6) is 0 Å². The first kappa shape index (κ1) is 14.1. The van der Waals surface area contributed by atoms with Crippen molar-refractivity contribution in [1.29, 1.82) is 0 Å². The number of rotatable bonds is 5. The van der Waals surface area contributed by atoms with E-state index in [2.05, 4.69) is 21.6 Å². The highest BCUT2D eigenvalue weighted by molar-refractivity contribution is 4.97. The molecule has 0 radical (unpaired) electrons. The SMILES string of the molecule is CCc1ncc(C)[nH]1.OCCOCCO. The van der Waals surface area contributed by atoms with Crippen LogP contribution in [0.15, 0.2) is 6.20 Å². The first-order valence-electron chi connectivity index (χ1n) is 5.04. The van der Waals surface area contributed by atoms with Gasteiger partial charge in [0.2, 0.25) is 0 Å². The maximum atomic E-state index is 8.09. The topological polar surface area (TPSA) is 78.4 Å². The van der Waals surface area contributed by atoms with Gasteiger partial charge >= 0.3 is 0 Å². The molecule has 0 aliphatic heterocycles. The average Bonchev–Trinajstić information content (AvgIpc) is 2.66. The van der Waals surface area contributed by atoms with Gasteiger partial charge in [-0.05, 0) is 6.92 Å². The van der Waals surface area contributed by atoms with Crippen LogP contribution in [0.3, 0.4) is 0 Å². The Kier molecular flexibility index (Phi) is 9.05. The zero-order valence-corrected chi connectivity index (χ0v) is 9.36. The number of aryl methyl sites for hydroxylation is 2. The van der Waals surface area contributed by atoms with Crippen molar-refractivity contribution >= 4 is 0 Å². The summed E-state index contributed by atoms with van der Waals surface area (Å²) in [4.78, 5) is 7.19. The van der Waals surface area contributed by atoms with Crippen molar-refractivity contribution < 1.29 is 14.9 Å². The molecule has 88 valence electrons. The summed E-state index contributed by atoms with van der Waals surface area (Å²) in [6.45, 7) is 4.78. The molecule has 0 aliphatic carbocycles. The molecule has 5 heteroatoms. The van der Waals surface area contributed by atoms with Gasteiger partial charge in [-0.15, -0.1) is 0 Å². The lowest BCUT2D eigenvalue weighted by Crippen LogP contribution is -2.03. The molecule has 5 nitrogen and oxygen atoms in total. The van der Waals surface area contributed by atoms with Gasteiger partial charge in [-0.1, -0.05) is 6.92 Å².